The van der Waals surface area contributed by atoms with Gasteiger partial charge in [0, 0.05) is 12.6 Å². The number of ether oxygens (including phenoxy) is 1. The summed E-state index contributed by atoms with van der Waals surface area (Å²) in [6.07, 6.45) is 3.87. The van der Waals surface area contributed by atoms with Crippen LogP contribution < -0.4 is 10.1 Å². The lowest BCUT2D eigenvalue weighted by molar-refractivity contribution is 0.286. The zero-order valence-corrected chi connectivity index (χ0v) is 13.5. The summed E-state index contributed by atoms with van der Waals surface area (Å²) in [5, 5.41) is 3.57. The van der Waals surface area contributed by atoms with Gasteiger partial charge in [-0.2, -0.15) is 0 Å². The molecule has 1 unspecified atom stereocenters. The van der Waals surface area contributed by atoms with Gasteiger partial charge in [0.15, 0.2) is 0 Å². The average molecular weight is 278 g/mol. The fourth-order valence-corrected chi connectivity index (χ4v) is 2.43. The quantitative estimate of drug-likeness (QED) is 0.663. The van der Waals surface area contributed by atoms with E-state index in [0.29, 0.717) is 6.04 Å². The Kier molecular flexibility index (Phi) is 8.31. The van der Waals surface area contributed by atoms with Crippen LogP contribution in [-0.2, 0) is 0 Å². The Morgan fingerprint density at radius 1 is 1.25 bits per heavy atom. The molecule has 1 rings (SSSR count). The van der Waals surface area contributed by atoms with Gasteiger partial charge in [0.2, 0.25) is 0 Å². The normalized spacial score (nSPS) is 12.7. The summed E-state index contributed by atoms with van der Waals surface area (Å²) < 4.78 is 5.33. The van der Waals surface area contributed by atoms with Gasteiger partial charge < -0.3 is 15.0 Å². The van der Waals surface area contributed by atoms with Crippen molar-refractivity contribution in [3.8, 4) is 5.75 Å². The highest BCUT2D eigenvalue weighted by molar-refractivity contribution is 5.30. The summed E-state index contributed by atoms with van der Waals surface area (Å²) in [6, 6.07) is 8.73. The molecule has 1 atom stereocenters. The van der Waals surface area contributed by atoms with E-state index in [2.05, 4.69) is 49.3 Å². The van der Waals surface area contributed by atoms with Crippen molar-refractivity contribution in [3.05, 3.63) is 29.8 Å². The lowest BCUT2D eigenvalue weighted by Crippen LogP contribution is -2.33. The second-order valence-electron chi connectivity index (χ2n) is 5.36. The molecule has 0 aliphatic rings. The number of methoxy groups -OCH3 is 1. The fourth-order valence-electron chi connectivity index (χ4n) is 2.43. The highest BCUT2D eigenvalue weighted by Crippen LogP contribution is 2.20. The largest absolute Gasteiger partial charge is 0.497 e. The molecule has 0 heterocycles. The van der Waals surface area contributed by atoms with Gasteiger partial charge in [0.25, 0.3) is 0 Å². The molecule has 0 saturated carbocycles. The highest BCUT2D eigenvalue weighted by Gasteiger charge is 2.13. The Morgan fingerprint density at radius 2 is 2.05 bits per heavy atom. The number of nitrogens with one attached hydrogen (secondary N) is 1. The van der Waals surface area contributed by atoms with Gasteiger partial charge in [-0.15, -0.1) is 0 Å². The van der Waals surface area contributed by atoms with Crippen LogP contribution in [0.2, 0.25) is 0 Å². The van der Waals surface area contributed by atoms with Crippen LogP contribution in [-0.4, -0.2) is 38.7 Å². The van der Waals surface area contributed by atoms with E-state index >= 15 is 0 Å². The second-order valence-corrected chi connectivity index (χ2v) is 5.36. The van der Waals surface area contributed by atoms with Gasteiger partial charge in [-0.3, -0.25) is 0 Å². The number of benzene rings is 1. The molecular formula is C17H30N2O. The third kappa shape index (κ3) is 5.93. The molecule has 1 N–H and O–H groups in total. The van der Waals surface area contributed by atoms with Gasteiger partial charge in [-0.1, -0.05) is 38.8 Å². The van der Waals surface area contributed by atoms with E-state index in [-0.39, 0.29) is 0 Å². The molecule has 1 aromatic rings. The molecule has 0 amide bonds. The van der Waals surface area contributed by atoms with Gasteiger partial charge >= 0.3 is 0 Å². The lowest BCUT2D eigenvalue weighted by atomic mass is 10.1. The SMILES string of the molecule is CCCCCN(C)CC(NCC)c1cccc(OC)c1. The molecule has 0 radical (unpaired) electrons. The maximum absolute atomic E-state index is 5.33. The Bertz CT molecular complexity index is 368. The van der Waals surface area contributed by atoms with Gasteiger partial charge in [-0.25, -0.2) is 0 Å². The predicted octanol–water partition coefficient (Wildman–Crippen LogP) is 3.47. The first-order valence-electron chi connectivity index (χ1n) is 7.77. The van der Waals surface area contributed by atoms with Crippen molar-refractivity contribution in [2.75, 3.05) is 33.8 Å². The maximum atomic E-state index is 5.33. The van der Waals surface area contributed by atoms with Crippen LogP contribution in [0, 0.1) is 0 Å². The number of likely N-dealkylation sites (N-methyl/N-ethyl adjacent to an activating group) is 2. The third-order valence-electron chi connectivity index (χ3n) is 3.58. The zero-order valence-electron chi connectivity index (χ0n) is 13.5. The topological polar surface area (TPSA) is 24.5 Å². The molecule has 0 spiro atoms. The minimum Gasteiger partial charge on any atom is -0.497 e. The molecule has 1 aromatic carbocycles. The van der Waals surface area contributed by atoms with Crippen LogP contribution >= 0.6 is 0 Å². The number of hydrogen-bond acceptors (Lipinski definition) is 3. The summed E-state index contributed by atoms with van der Waals surface area (Å²) in [5.74, 6) is 0.930. The van der Waals surface area contributed by atoms with E-state index in [9.17, 15) is 0 Å². The molecule has 3 heteroatoms. The van der Waals surface area contributed by atoms with Crippen molar-refractivity contribution < 1.29 is 4.74 Å². The number of nitrogens with zero attached hydrogens (tertiary/aromatic N) is 1. The van der Waals surface area contributed by atoms with E-state index in [1.54, 1.807) is 7.11 Å². The number of rotatable bonds is 10. The van der Waals surface area contributed by atoms with Gasteiger partial charge in [0.05, 0.1) is 7.11 Å². The molecule has 0 saturated heterocycles. The molecule has 0 aromatic heterocycles. The van der Waals surface area contributed by atoms with Crippen molar-refractivity contribution in [2.24, 2.45) is 0 Å². The summed E-state index contributed by atoms with van der Waals surface area (Å²) >= 11 is 0. The van der Waals surface area contributed by atoms with Gasteiger partial charge in [-0.05, 0) is 44.3 Å². The number of hydrogen-bond donors (Lipinski definition) is 1. The van der Waals surface area contributed by atoms with Crippen LogP contribution in [0.1, 0.15) is 44.7 Å². The molecule has 0 aliphatic carbocycles. The van der Waals surface area contributed by atoms with Crippen molar-refractivity contribution in [1.82, 2.24) is 10.2 Å². The first kappa shape index (κ1) is 17.0. The van der Waals surface area contributed by atoms with E-state index < -0.39 is 0 Å². The van der Waals surface area contributed by atoms with Crippen LogP contribution in [0.5, 0.6) is 5.75 Å². The predicted molar refractivity (Wildman–Crippen MR) is 86.4 cm³/mol. The van der Waals surface area contributed by atoms with E-state index in [0.717, 1.165) is 18.8 Å². The Labute approximate surface area is 124 Å². The first-order valence-corrected chi connectivity index (χ1v) is 7.77. The van der Waals surface area contributed by atoms with Crippen molar-refractivity contribution in [3.63, 3.8) is 0 Å². The zero-order chi connectivity index (χ0) is 14.8. The number of unbranched alkanes of at least 4 members (excludes halogenated alkanes) is 2. The fraction of sp³-hybridized carbons (Fsp3) is 0.647. The van der Waals surface area contributed by atoms with Crippen molar-refractivity contribution in [2.45, 2.75) is 39.2 Å². The van der Waals surface area contributed by atoms with Crippen LogP contribution in [0.3, 0.4) is 0 Å². The molecule has 0 fully saturated rings. The summed E-state index contributed by atoms with van der Waals surface area (Å²) in [4.78, 5) is 2.42. The third-order valence-corrected chi connectivity index (χ3v) is 3.58. The standard InChI is InChI=1S/C17H30N2O/c1-5-7-8-12-19(3)14-17(18-6-2)15-10-9-11-16(13-15)20-4/h9-11,13,17-18H,5-8,12,14H2,1-4H3. The molecule has 114 valence electrons. The van der Waals surface area contributed by atoms with E-state index in [4.69, 9.17) is 4.74 Å². The maximum Gasteiger partial charge on any atom is 0.119 e. The van der Waals surface area contributed by atoms with Crippen LogP contribution in [0.25, 0.3) is 0 Å². The van der Waals surface area contributed by atoms with Crippen LogP contribution in [0.4, 0.5) is 0 Å². The lowest BCUT2D eigenvalue weighted by Gasteiger charge is -2.25. The minimum absolute atomic E-state index is 0.363. The Morgan fingerprint density at radius 3 is 2.70 bits per heavy atom. The molecular weight excluding hydrogens is 248 g/mol. The van der Waals surface area contributed by atoms with Gasteiger partial charge in [0.1, 0.15) is 5.75 Å². The summed E-state index contributed by atoms with van der Waals surface area (Å²) in [7, 11) is 3.93. The first-order chi connectivity index (χ1) is 9.71. The van der Waals surface area contributed by atoms with Crippen molar-refractivity contribution >= 4 is 0 Å². The minimum atomic E-state index is 0.363. The summed E-state index contributed by atoms with van der Waals surface area (Å²) in [6.45, 7) is 7.58. The van der Waals surface area contributed by atoms with Crippen molar-refractivity contribution in [1.29, 1.82) is 0 Å². The Hall–Kier alpha value is -1.06. The molecule has 0 bridgehead atoms. The smallest absolute Gasteiger partial charge is 0.119 e. The second kappa shape index (κ2) is 9.78. The molecule has 0 aliphatic heterocycles. The summed E-state index contributed by atoms with van der Waals surface area (Å²) in [5.41, 5.74) is 1.30. The Balaban J connectivity index is 2.62. The average Bonchev–Trinajstić information content (AvgIpc) is 2.47. The highest BCUT2D eigenvalue weighted by atomic mass is 16.5. The monoisotopic (exact) mass is 278 g/mol. The molecule has 3 nitrogen and oxygen atoms in total. The van der Waals surface area contributed by atoms with E-state index in [1.165, 1.54) is 31.4 Å². The van der Waals surface area contributed by atoms with E-state index in [1.807, 2.05) is 6.07 Å². The molecule has 20 heavy (non-hydrogen) atoms. The van der Waals surface area contributed by atoms with Crippen LogP contribution in [0.15, 0.2) is 24.3 Å².